The van der Waals surface area contributed by atoms with Crippen LogP contribution in [0, 0.1) is 11.2 Å². The monoisotopic (exact) mass is 223 g/mol. The van der Waals surface area contributed by atoms with Crippen molar-refractivity contribution >= 4 is 5.97 Å². The topological polar surface area (TPSA) is 63.3 Å². The molecule has 0 spiro atoms. The first-order valence-corrected chi connectivity index (χ1v) is 5.31. The fourth-order valence-corrected chi connectivity index (χ4v) is 2.23. The van der Waals surface area contributed by atoms with Crippen LogP contribution in [0.15, 0.2) is 24.3 Å². The zero-order valence-electron chi connectivity index (χ0n) is 8.82. The third kappa shape index (κ3) is 1.59. The van der Waals surface area contributed by atoms with Crippen molar-refractivity contribution in [2.24, 2.45) is 11.1 Å². The van der Waals surface area contributed by atoms with Gasteiger partial charge in [-0.2, -0.15) is 0 Å². The minimum atomic E-state index is -0.895. The van der Waals surface area contributed by atoms with Gasteiger partial charge < -0.3 is 10.8 Å². The van der Waals surface area contributed by atoms with Gasteiger partial charge in [-0.05, 0) is 30.5 Å². The van der Waals surface area contributed by atoms with Crippen molar-refractivity contribution in [2.75, 3.05) is 0 Å². The number of hydrogen-bond acceptors (Lipinski definition) is 2. The van der Waals surface area contributed by atoms with Gasteiger partial charge >= 0.3 is 5.97 Å². The van der Waals surface area contributed by atoms with Gasteiger partial charge in [0.2, 0.25) is 0 Å². The number of aliphatic carboxylic acids is 1. The van der Waals surface area contributed by atoms with Crippen molar-refractivity contribution in [2.45, 2.75) is 25.3 Å². The highest BCUT2D eigenvalue weighted by atomic mass is 19.1. The van der Waals surface area contributed by atoms with Crippen LogP contribution in [-0.2, 0) is 4.79 Å². The van der Waals surface area contributed by atoms with E-state index < -0.39 is 17.4 Å². The molecule has 1 fully saturated rings. The number of halogens is 1. The molecule has 0 aliphatic heterocycles. The third-order valence-electron chi connectivity index (χ3n) is 3.47. The van der Waals surface area contributed by atoms with E-state index in [0.29, 0.717) is 18.4 Å². The normalized spacial score (nSPS) is 19.9. The predicted molar refractivity (Wildman–Crippen MR) is 57.2 cm³/mol. The smallest absolute Gasteiger partial charge is 0.311 e. The van der Waals surface area contributed by atoms with E-state index in [1.165, 1.54) is 12.1 Å². The van der Waals surface area contributed by atoms with Crippen LogP contribution < -0.4 is 5.73 Å². The highest BCUT2D eigenvalue weighted by Crippen LogP contribution is 2.49. The van der Waals surface area contributed by atoms with E-state index in [-0.39, 0.29) is 5.82 Å². The third-order valence-corrected chi connectivity index (χ3v) is 3.47. The van der Waals surface area contributed by atoms with Gasteiger partial charge in [0.05, 0.1) is 5.41 Å². The first kappa shape index (κ1) is 11.1. The second kappa shape index (κ2) is 3.87. The Labute approximate surface area is 93.1 Å². The summed E-state index contributed by atoms with van der Waals surface area (Å²) in [5, 5.41) is 9.21. The Morgan fingerprint density at radius 3 is 2.62 bits per heavy atom. The molecule has 1 aromatic rings. The molecule has 3 nitrogen and oxygen atoms in total. The molecule has 1 atom stereocenters. The molecule has 4 heteroatoms. The van der Waals surface area contributed by atoms with Crippen molar-refractivity contribution in [1.29, 1.82) is 0 Å². The van der Waals surface area contributed by atoms with E-state index in [2.05, 4.69) is 0 Å². The fraction of sp³-hybridized carbons (Fsp3) is 0.417. The Morgan fingerprint density at radius 2 is 2.19 bits per heavy atom. The van der Waals surface area contributed by atoms with E-state index in [0.717, 1.165) is 6.42 Å². The minimum absolute atomic E-state index is 0.382. The van der Waals surface area contributed by atoms with Gasteiger partial charge in [0.15, 0.2) is 0 Å². The molecular formula is C12H14FNO2. The molecule has 0 aromatic heterocycles. The van der Waals surface area contributed by atoms with Crippen LogP contribution in [0.25, 0.3) is 0 Å². The van der Waals surface area contributed by atoms with Crippen LogP contribution in [0.2, 0.25) is 0 Å². The average Bonchev–Trinajstić information content (AvgIpc) is 2.15. The Kier molecular flexibility index (Phi) is 2.68. The maximum atomic E-state index is 13.0. The quantitative estimate of drug-likeness (QED) is 0.824. The largest absolute Gasteiger partial charge is 0.481 e. The van der Waals surface area contributed by atoms with Crippen molar-refractivity contribution < 1.29 is 14.3 Å². The van der Waals surface area contributed by atoms with Gasteiger partial charge in [-0.25, -0.2) is 4.39 Å². The number of carboxylic acid groups (broad SMARTS) is 1. The number of carboxylic acids is 1. The van der Waals surface area contributed by atoms with Crippen LogP contribution in [0.4, 0.5) is 4.39 Å². The van der Waals surface area contributed by atoms with Crippen molar-refractivity contribution in [3.05, 3.63) is 35.6 Å². The zero-order valence-corrected chi connectivity index (χ0v) is 8.82. The van der Waals surface area contributed by atoms with E-state index >= 15 is 0 Å². The summed E-state index contributed by atoms with van der Waals surface area (Å²) >= 11 is 0. The summed E-state index contributed by atoms with van der Waals surface area (Å²) in [6.07, 6.45) is 2.01. The van der Waals surface area contributed by atoms with Gasteiger partial charge in [-0.15, -0.1) is 0 Å². The molecule has 16 heavy (non-hydrogen) atoms. The van der Waals surface area contributed by atoms with E-state index in [1.807, 2.05) is 0 Å². The minimum Gasteiger partial charge on any atom is -0.481 e. The molecule has 3 N–H and O–H groups in total. The predicted octanol–water partition coefficient (Wildman–Crippen LogP) is 2.08. The lowest BCUT2D eigenvalue weighted by atomic mass is 9.62. The van der Waals surface area contributed by atoms with E-state index in [4.69, 9.17) is 5.73 Å². The summed E-state index contributed by atoms with van der Waals surface area (Å²) in [6, 6.07) is 5.24. The summed E-state index contributed by atoms with van der Waals surface area (Å²) in [4.78, 5) is 11.2. The summed E-state index contributed by atoms with van der Waals surface area (Å²) in [5.41, 5.74) is 5.62. The van der Waals surface area contributed by atoms with Gasteiger partial charge in [-0.1, -0.05) is 18.6 Å². The molecule has 0 saturated heterocycles. The summed E-state index contributed by atoms with van der Waals surface area (Å²) in [7, 11) is 0. The zero-order chi connectivity index (χ0) is 11.8. The lowest BCUT2D eigenvalue weighted by Crippen LogP contribution is -2.46. The number of rotatable bonds is 3. The maximum absolute atomic E-state index is 13.0. The SMILES string of the molecule is NC(c1cccc(F)c1)C1(C(=O)O)CCC1. The van der Waals surface area contributed by atoms with Crippen LogP contribution >= 0.6 is 0 Å². The highest BCUT2D eigenvalue weighted by molar-refractivity contribution is 5.77. The molecule has 1 saturated carbocycles. The number of carbonyl (C=O) groups is 1. The summed E-state index contributed by atoms with van der Waals surface area (Å²) in [5.74, 6) is -1.26. The standard InChI is InChI=1S/C12H14FNO2/c13-9-4-1-3-8(7-9)10(14)12(11(15)16)5-2-6-12/h1,3-4,7,10H,2,5-6,14H2,(H,15,16). The molecule has 0 amide bonds. The molecular weight excluding hydrogens is 209 g/mol. The first-order valence-electron chi connectivity index (χ1n) is 5.31. The molecule has 2 rings (SSSR count). The highest BCUT2D eigenvalue weighted by Gasteiger charge is 2.49. The maximum Gasteiger partial charge on any atom is 0.311 e. The molecule has 86 valence electrons. The molecule has 1 aliphatic rings. The lowest BCUT2D eigenvalue weighted by Gasteiger charge is -2.42. The van der Waals surface area contributed by atoms with Gasteiger partial charge in [0, 0.05) is 6.04 Å². The van der Waals surface area contributed by atoms with Crippen molar-refractivity contribution in [1.82, 2.24) is 0 Å². The molecule has 0 radical (unpaired) electrons. The summed E-state index contributed by atoms with van der Waals surface area (Å²) < 4.78 is 13.0. The fourth-order valence-electron chi connectivity index (χ4n) is 2.23. The summed E-state index contributed by atoms with van der Waals surface area (Å²) in [6.45, 7) is 0. The van der Waals surface area contributed by atoms with Gasteiger partial charge in [-0.3, -0.25) is 4.79 Å². The van der Waals surface area contributed by atoms with Crippen molar-refractivity contribution in [3.8, 4) is 0 Å². The molecule has 1 aliphatic carbocycles. The van der Waals surface area contributed by atoms with Crippen LogP contribution in [0.5, 0.6) is 0 Å². The Bertz CT molecular complexity index is 415. The van der Waals surface area contributed by atoms with Crippen molar-refractivity contribution in [3.63, 3.8) is 0 Å². The van der Waals surface area contributed by atoms with Crippen LogP contribution in [-0.4, -0.2) is 11.1 Å². The molecule has 1 unspecified atom stereocenters. The molecule has 0 heterocycles. The number of hydrogen-bond donors (Lipinski definition) is 2. The van der Waals surface area contributed by atoms with E-state index in [9.17, 15) is 14.3 Å². The Hall–Kier alpha value is -1.42. The first-order chi connectivity index (χ1) is 7.56. The number of benzene rings is 1. The lowest BCUT2D eigenvalue weighted by molar-refractivity contribution is -0.156. The second-order valence-electron chi connectivity index (χ2n) is 4.35. The Balaban J connectivity index is 2.30. The molecule has 0 bridgehead atoms. The average molecular weight is 223 g/mol. The van der Waals surface area contributed by atoms with Crippen LogP contribution in [0.3, 0.4) is 0 Å². The second-order valence-corrected chi connectivity index (χ2v) is 4.35. The van der Waals surface area contributed by atoms with E-state index in [1.54, 1.807) is 12.1 Å². The Morgan fingerprint density at radius 1 is 1.50 bits per heavy atom. The number of nitrogens with two attached hydrogens (primary N) is 1. The van der Waals surface area contributed by atoms with Gasteiger partial charge in [0.1, 0.15) is 5.82 Å². The van der Waals surface area contributed by atoms with Gasteiger partial charge in [0.25, 0.3) is 0 Å². The van der Waals surface area contributed by atoms with Crippen LogP contribution in [0.1, 0.15) is 30.9 Å². The molecule has 1 aromatic carbocycles.